The van der Waals surface area contributed by atoms with Crippen LogP contribution in [-0.4, -0.2) is 5.91 Å². The van der Waals surface area contributed by atoms with Crippen molar-refractivity contribution in [3.63, 3.8) is 0 Å². The minimum atomic E-state index is -0.0432. The second-order valence-electron chi connectivity index (χ2n) is 4.46. The van der Waals surface area contributed by atoms with E-state index in [0.29, 0.717) is 0 Å². The van der Waals surface area contributed by atoms with Crippen molar-refractivity contribution in [2.45, 2.75) is 20.3 Å². The number of carbonyl (C=O) groups is 1. The predicted octanol–water partition coefficient (Wildman–Crippen LogP) is 4.90. The summed E-state index contributed by atoms with van der Waals surface area (Å²) >= 11 is 3.45. The van der Waals surface area contributed by atoms with Crippen molar-refractivity contribution in [3.05, 3.63) is 52.5 Å². The van der Waals surface area contributed by atoms with E-state index in [4.69, 9.17) is 0 Å². The van der Waals surface area contributed by atoms with Gasteiger partial charge in [0.25, 0.3) is 5.91 Å². The van der Waals surface area contributed by atoms with Crippen molar-refractivity contribution in [1.29, 1.82) is 0 Å². The molecular formula is C16H16BrNO. The molecule has 2 nitrogen and oxygen atoms in total. The molecule has 0 aliphatic rings. The van der Waals surface area contributed by atoms with Crippen LogP contribution in [0.3, 0.4) is 0 Å². The number of nitrogens with one attached hydrogen (secondary N) is 1. The van der Waals surface area contributed by atoms with Crippen molar-refractivity contribution in [2.24, 2.45) is 0 Å². The molecule has 1 amide bonds. The Morgan fingerprint density at radius 3 is 2.63 bits per heavy atom. The molecule has 0 aliphatic carbocycles. The van der Waals surface area contributed by atoms with Gasteiger partial charge >= 0.3 is 0 Å². The molecule has 0 radical (unpaired) electrons. The number of amides is 1. The van der Waals surface area contributed by atoms with Gasteiger partial charge in [0.2, 0.25) is 0 Å². The van der Waals surface area contributed by atoms with Crippen LogP contribution in [0.5, 0.6) is 0 Å². The van der Waals surface area contributed by atoms with Crippen LogP contribution >= 0.6 is 15.9 Å². The van der Waals surface area contributed by atoms with Gasteiger partial charge in [0.05, 0.1) is 0 Å². The predicted molar refractivity (Wildman–Crippen MR) is 84.3 cm³/mol. The van der Waals surface area contributed by atoms with Crippen molar-refractivity contribution < 1.29 is 4.79 Å². The summed E-state index contributed by atoms with van der Waals surface area (Å²) in [6, 6.07) is 12.0. The summed E-state index contributed by atoms with van der Waals surface area (Å²) in [5.41, 5.74) is 1.57. The standard InChI is InChI=1S/C16H16BrNO/c1-3-4-11(2)16(19)18-15-8-6-12-9-14(17)7-5-13(12)10-15/h4-10H,3H2,1-2H3,(H,18,19)/b11-4-. The Hall–Kier alpha value is -1.61. The average molecular weight is 318 g/mol. The van der Waals surface area contributed by atoms with Gasteiger partial charge in [-0.3, -0.25) is 4.79 Å². The maximum Gasteiger partial charge on any atom is 0.250 e. The summed E-state index contributed by atoms with van der Waals surface area (Å²) in [7, 11) is 0. The molecule has 2 aromatic carbocycles. The summed E-state index contributed by atoms with van der Waals surface area (Å²) in [4.78, 5) is 11.9. The molecule has 0 bridgehead atoms. The fourth-order valence-corrected chi connectivity index (χ4v) is 2.30. The molecule has 19 heavy (non-hydrogen) atoms. The Morgan fingerprint density at radius 1 is 1.21 bits per heavy atom. The van der Waals surface area contributed by atoms with Gasteiger partial charge in [-0.05, 0) is 48.4 Å². The van der Waals surface area contributed by atoms with E-state index in [1.54, 1.807) is 0 Å². The van der Waals surface area contributed by atoms with Crippen LogP contribution in [0.2, 0.25) is 0 Å². The quantitative estimate of drug-likeness (QED) is 0.802. The Kier molecular flexibility index (Phi) is 4.38. The third kappa shape index (κ3) is 3.44. The van der Waals surface area contributed by atoms with Crippen LogP contribution in [-0.2, 0) is 4.79 Å². The first-order valence-corrected chi connectivity index (χ1v) is 7.07. The zero-order chi connectivity index (χ0) is 13.8. The summed E-state index contributed by atoms with van der Waals surface area (Å²) in [6.45, 7) is 3.85. The number of rotatable bonds is 3. The molecule has 98 valence electrons. The third-order valence-corrected chi connectivity index (χ3v) is 3.42. The van der Waals surface area contributed by atoms with Crippen LogP contribution in [0.4, 0.5) is 5.69 Å². The van der Waals surface area contributed by atoms with E-state index in [9.17, 15) is 4.79 Å². The smallest absolute Gasteiger partial charge is 0.250 e. The second kappa shape index (κ2) is 6.02. The van der Waals surface area contributed by atoms with Gasteiger partial charge in [0.1, 0.15) is 0 Å². The van der Waals surface area contributed by atoms with E-state index >= 15 is 0 Å². The first-order chi connectivity index (χ1) is 9.10. The monoisotopic (exact) mass is 317 g/mol. The molecule has 2 aromatic rings. The van der Waals surface area contributed by atoms with Gasteiger partial charge in [0.15, 0.2) is 0 Å². The summed E-state index contributed by atoms with van der Waals surface area (Å²) in [5, 5.41) is 5.17. The minimum Gasteiger partial charge on any atom is -0.322 e. The van der Waals surface area contributed by atoms with Crippen LogP contribution in [0.15, 0.2) is 52.5 Å². The highest BCUT2D eigenvalue weighted by molar-refractivity contribution is 9.10. The van der Waals surface area contributed by atoms with Gasteiger partial charge in [0, 0.05) is 15.7 Å². The van der Waals surface area contributed by atoms with E-state index in [1.165, 1.54) is 0 Å². The molecule has 0 saturated heterocycles. The fourth-order valence-electron chi connectivity index (χ4n) is 1.92. The molecule has 1 N–H and O–H groups in total. The Morgan fingerprint density at radius 2 is 1.89 bits per heavy atom. The largest absolute Gasteiger partial charge is 0.322 e. The van der Waals surface area contributed by atoms with Crippen LogP contribution in [0, 0.1) is 0 Å². The topological polar surface area (TPSA) is 29.1 Å². The van der Waals surface area contributed by atoms with Crippen molar-refractivity contribution in [1.82, 2.24) is 0 Å². The van der Waals surface area contributed by atoms with Crippen molar-refractivity contribution >= 4 is 38.3 Å². The second-order valence-corrected chi connectivity index (χ2v) is 5.37. The number of benzene rings is 2. The molecule has 0 atom stereocenters. The zero-order valence-electron chi connectivity index (χ0n) is 11.0. The van der Waals surface area contributed by atoms with E-state index < -0.39 is 0 Å². The van der Waals surface area contributed by atoms with Crippen LogP contribution in [0.1, 0.15) is 20.3 Å². The highest BCUT2D eigenvalue weighted by Crippen LogP contribution is 2.23. The maximum atomic E-state index is 11.9. The molecule has 0 heterocycles. The zero-order valence-corrected chi connectivity index (χ0v) is 12.6. The number of allylic oxidation sites excluding steroid dienone is 1. The molecule has 3 heteroatoms. The van der Waals surface area contributed by atoms with Gasteiger partial charge in [-0.25, -0.2) is 0 Å². The maximum absolute atomic E-state index is 11.9. The van der Waals surface area contributed by atoms with Crippen LogP contribution in [0.25, 0.3) is 10.8 Å². The number of carbonyl (C=O) groups excluding carboxylic acids is 1. The van der Waals surface area contributed by atoms with Crippen molar-refractivity contribution in [3.8, 4) is 0 Å². The van der Waals surface area contributed by atoms with Gasteiger partial charge in [-0.1, -0.05) is 41.1 Å². The molecule has 0 spiro atoms. The van der Waals surface area contributed by atoms with E-state index in [0.717, 1.165) is 32.9 Å². The first kappa shape index (κ1) is 13.8. The third-order valence-electron chi connectivity index (χ3n) is 2.93. The molecule has 2 rings (SSSR count). The SMILES string of the molecule is CC/C=C(/C)C(=O)Nc1ccc2cc(Br)ccc2c1. The Bertz CT molecular complexity index is 646. The Labute approximate surface area is 121 Å². The first-order valence-electron chi connectivity index (χ1n) is 6.27. The number of fused-ring (bicyclic) bond motifs is 1. The van der Waals surface area contributed by atoms with Crippen LogP contribution < -0.4 is 5.32 Å². The van der Waals surface area contributed by atoms with E-state index in [2.05, 4.69) is 27.3 Å². The number of hydrogen-bond acceptors (Lipinski definition) is 1. The number of anilines is 1. The summed E-state index contributed by atoms with van der Waals surface area (Å²) in [5.74, 6) is -0.0432. The highest BCUT2D eigenvalue weighted by atomic mass is 79.9. The normalized spacial score (nSPS) is 11.6. The molecule has 0 aromatic heterocycles. The molecule has 0 aliphatic heterocycles. The van der Waals surface area contributed by atoms with Crippen molar-refractivity contribution in [2.75, 3.05) is 5.32 Å². The molecule has 0 unspecified atom stereocenters. The lowest BCUT2D eigenvalue weighted by Crippen LogP contribution is -2.12. The van der Waals surface area contributed by atoms with Gasteiger partial charge < -0.3 is 5.32 Å². The molecule has 0 fully saturated rings. The Balaban J connectivity index is 2.25. The lowest BCUT2D eigenvalue weighted by Gasteiger charge is -2.07. The number of halogens is 1. The van der Waals surface area contributed by atoms with E-state index in [1.807, 2.05) is 50.3 Å². The van der Waals surface area contributed by atoms with E-state index in [-0.39, 0.29) is 5.91 Å². The molecule has 0 saturated carbocycles. The molecular weight excluding hydrogens is 302 g/mol. The number of hydrogen-bond donors (Lipinski definition) is 1. The summed E-state index contributed by atoms with van der Waals surface area (Å²) in [6.07, 6.45) is 2.79. The average Bonchev–Trinajstić information content (AvgIpc) is 2.39. The van der Waals surface area contributed by atoms with Gasteiger partial charge in [-0.15, -0.1) is 0 Å². The van der Waals surface area contributed by atoms with Gasteiger partial charge in [-0.2, -0.15) is 0 Å². The fraction of sp³-hybridized carbons (Fsp3) is 0.188. The summed E-state index contributed by atoms with van der Waals surface area (Å²) < 4.78 is 1.05. The highest BCUT2D eigenvalue weighted by Gasteiger charge is 2.04. The lowest BCUT2D eigenvalue weighted by molar-refractivity contribution is -0.112. The lowest BCUT2D eigenvalue weighted by atomic mass is 10.1. The minimum absolute atomic E-state index is 0.0432.